The molecule has 2 rings (SSSR count). The predicted molar refractivity (Wildman–Crippen MR) is 79.7 cm³/mol. The molecule has 2 aromatic heterocycles. The van der Waals surface area contributed by atoms with Crippen molar-refractivity contribution in [3.63, 3.8) is 0 Å². The Kier molecular flexibility index (Phi) is 4.60. The number of fused-ring (bicyclic) bond motifs is 1. The zero-order valence-corrected chi connectivity index (χ0v) is 12.0. The van der Waals surface area contributed by atoms with E-state index in [0.29, 0.717) is 0 Å². The second-order valence-corrected chi connectivity index (χ2v) is 5.13. The minimum atomic E-state index is 0.745. The molecule has 0 saturated carbocycles. The normalized spacial score (nSPS) is 11.2. The van der Waals surface area contributed by atoms with Gasteiger partial charge in [0.05, 0.1) is 6.20 Å². The lowest BCUT2D eigenvalue weighted by Crippen LogP contribution is -2.09. The third kappa shape index (κ3) is 3.59. The molecule has 0 bridgehead atoms. The van der Waals surface area contributed by atoms with E-state index in [0.717, 1.165) is 42.7 Å². The summed E-state index contributed by atoms with van der Waals surface area (Å²) >= 11 is 0. The lowest BCUT2D eigenvalue weighted by molar-refractivity contribution is 0.567. The molecular formula is C14H23N5. The molecule has 2 N–H and O–H groups in total. The topological polar surface area (TPSA) is 54.2 Å². The van der Waals surface area contributed by atoms with Gasteiger partial charge >= 0.3 is 0 Å². The van der Waals surface area contributed by atoms with Gasteiger partial charge in [-0.3, -0.25) is 0 Å². The average molecular weight is 261 g/mol. The maximum absolute atomic E-state index is 4.57. The molecule has 5 nitrogen and oxygen atoms in total. The minimum absolute atomic E-state index is 0.745. The van der Waals surface area contributed by atoms with Gasteiger partial charge in [0.2, 0.25) is 0 Å². The van der Waals surface area contributed by atoms with E-state index < -0.39 is 0 Å². The monoisotopic (exact) mass is 261 g/mol. The SMILES string of the molecule is CCNc1cn2ccnc2c(NCCCC(C)C)n1. The van der Waals surface area contributed by atoms with Crippen LogP contribution in [0.5, 0.6) is 0 Å². The van der Waals surface area contributed by atoms with Crippen molar-refractivity contribution in [2.24, 2.45) is 5.92 Å². The van der Waals surface area contributed by atoms with Crippen molar-refractivity contribution in [1.82, 2.24) is 14.4 Å². The van der Waals surface area contributed by atoms with E-state index >= 15 is 0 Å². The lowest BCUT2D eigenvalue weighted by atomic mass is 10.1. The quantitative estimate of drug-likeness (QED) is 0.752. The first kappa shape index (κ1) is 13.6. The molecule has 0 radical (unpaired) electrons. The Hall–Kier alpha value is -1.78. The molecule has 0 fully saturated rings. The third-order valence-corrected chi connectivity index (χ3v) is 2.98. The van der Waals surface area contributed by atoms with Crippen molar-refractivity contribution in [3.05, 3.63) is 18.6 Å². The minimum Gasteiger partial charge on any atom is -0.369 e. The first-order chi connectivity index (χ1) is 9.20. The summed E-state index contributed by atoms with van der Waals surface area (Å²) < 4.78 is 2.00. The van der Waals surface area contributed by atoms with Gasteiger partial charge in [-0.15, -0.1) is 0 Å². The summed E-state index contributed by atoms with van der Waals surface area (Å²) in [5, 5.41) is 6.63. The smallest absolute Gasteiger partial charge is 0.180 e. The molecule has 0 amide bonds. The zero-order chi connectivity index (χ0) is 13.7. The van der Waals surface area contributed by atoms with E-state index in [2.05, 4.69) is 41.4 Å². The van der Waals surface area contributed by atoms with Gasteiger partial charge in [0.25, 0.3) is 0 Å². The molecule has 0 aliphatic heterocycles. The van der Waals surface area contributed by atoms with Crippen LogP contribution >= 0.6 is 0 Å². The highest BCUT2D eigenvalue weighted by Gasteiger charge is 2.06. The van der Waals surface area contributed by atoms with Crippen molar-refractivity contribution in [3.8, 4) is 0 Å². The van der Waals surface area contributed by atoms with Crippen molar-refractivity contribution in [1.29, 1.82) is 0 Å². The molecular weight excluding hydrogens is 238 g/mol. The predicted octanol–water partition coefficient (Wildman–Crippen LogP) is 3.01. The van der Waals surface area contributed by atoms with E-state index in [1.165, 1.54) is 6.42 Å². The van der Waals surface area contributed by atoms with Gasteiger partial charge in [-0.1, -0.05) is 13.8 Å². The highest BCUT2D eigenvalue weighted by Crippen LogP contribution is 2.16. The largest absolute Gasteiger partial charge is 0.369 e. The molecule has 5 heteroatoms. The third-order valence-electron chi connectivity index (χ3n) is 2.98. The van der Waals surface area contributed by atoms with Gasteiger partial charge in [0.15, 0.2) is 11.5 Å². The lowest BCUT2D eigenvalue weighted by Gasteiger charge is -2.10. The highest BCUT2D eigenvalue weighted by atomic mass is 15.1. The second kappa shape index (κ2) is 6.41. The van der Waals surface area contributed by atoms with E-state index in [9.17, 15) is 0 Å². The molecule has 0 aliphatic carbocycles. The molecule has 0 unspecified atom stereocenters. The van der Waals surface area contributed by atoms with Crippen LogP contribution in [0.4, 0.5) is 11.6 Å². The number of aromatic nitrogens is 3. The number of hydrogen-bond acceptors (Lipinski definition) is 4. The Balaban J connectivity index is 2.09. The maximum atomic E-state index is 4.57. The van der Waals surface area contributed by atoms with Crippen LogP contribution in [-0.2, 0) is 0 Å². The number of nitrogens with zero attached hydrogens (tertiary/aromatic N) is 3. The summed E-state index contributed by atoms with van der Waals surface area (Å²) in [6.07, 6.45) is 8.08. The van der Waals surface area contributed by atoms with Gasteiger partial charge in [0.1, 0.15) is 5.82 Å². The van der Waals surface area contributed by atoms with E-state index in [4.69, 9.17) is 0 Å². The van der Waals surface area contributed by atoms with Crippen LogP contribution in [0.25, 0.3) is 5.65 Å². The molecule has 104 valence electrons. The van der Waals surface area contributed by atoms with Crippen LogP contribution in [0.2, 0.25) is 0 Å². The van der Waals surface area contributed by atoms with E-state index in [1.807, 2.05) is 16.8 Å². The standard InChI is InChI=1S/C14H23N5/c1-4-15-12-10-19-9-8-17-14(19)13(18-12)16-7-5-6-11(2)3/h8-11,15H,4-7H2,1-3H3,(H,16,18). The van der Waals surface area contributed by atoms with Crippen LogP contribution in [0.3, 0.4) is 0 Å². The van der Waals surface area contributed by atoms with Crippen molar-refractivity contribution < 1.29 is 0 Å². The highest BCUT2D eigenvalue weighted by molar-refractivity contribution is 5.65. The fourth-order valence-corrected chi connectivity index (χ4v) is 2.03. The number of rotatable bonds is 7. The van der Waals surface area contributed by atoms with Gasteiger partial charge < -0.3 is 15.0 Å². The van der Waals surface area contributed by atoms with Gasteiger partial charge in [-0.05, 0) is 25.7 Å². The summed E-state index contributed by atoms with van der Waals surface area (Å²) in [4.78, 5) is 8.92. The average Bonchev–Trinajstić information content (AvgIpc) is 2.83. The van der Waals surface area contributed by atoms with Crippen LogP contribution in [0, 0.1) is 5.92 Å². The van der Waals surface area contributed by atoms with Crippen molar-refractivity contribution in [2.45, 2.75) is 33.6 Å². The second-order valence-electron chi connectivity index (χ2n) is 5.13. The summed E-state index contributed by atoms with van der Waals surface area (Å²) in [5.74, 6) is 2.47. The Bertz CT molecular complexity index is 518. The molecule has 2 aromatic rings. The first-order valence-corrected chi connectivity index (χ1v) is 7.02. The fourth-order valence-electron chi connectivity index (χ4n) is 2.03. The number of hydrogen-bond donors (Lipinski definition) is 2. The molecule has 0 aliphatic rings. The Morgan fingerprint density at radius 3 is 2.89 bits per heavy atom. The Labute approximate surface area is 114 Å². The molecule has 0 atom stereocenters. The van der Waals surface area contributed by atoms with E-state index in [-0.39, 0.29) is 0 Å². The molecule has 0 saturated heterocycles. The van der Waals surface area contributed by atoms with Crippen LogP contribution in [-0.4, -0.2) is 27.5 Å². The van der Waals surface area contributed by atoms with E-state index in [1.54, 1.807) is 6.20 Å². The van der Waals surface area contributed by atoms with Gasteiger partial charge in [-0.2, -0.15) is 0 Å². The number of nitrogens with one attached hydrogen (secondary N) is 2. The van der Waals surface area contributed by atoms with Crippen LogP contribution in [0.1, 0.15) is 33.6 Å². The van der Waals surface area contributed by atoms with Crippen LogP contribution < -0.4 is 10.6 Å². The molecule has 0 spiro atoms. The summed E-state index contributed by atoms with van der Waals surface area (Å²) in [6.45, 7) is 8.35. The summed E-state index contributed by atoms with van der Waals surface area (Å²) in [5.41, 5.74) is 0.881. The first-order valence-electron chi connectivity index (χ1n) is 7.02. The summed E-state index contributed by atoms with van der Waals surface area (Å²) in [7, 11) is 0. The summed E-state index contributed by atoms with van der Waals surface area (Å²) in [6, 6.07) is 0. The molecule has 19 heavy (non-hydrogen) atoms. The number of imidazole rings is 1. The van der Waals surface area contributed by atoms with Crippen molar-refractivity contribution >= 4 is 17.3 Å². The van der Waals surface area contributed by atoms with Crippen LogP contribution in [0.15, 0.2) is 18.6 Å². The molecule has 0 aromatic carbocycles. The zero-order valence-electron chi connectivity index (χ0n) is 12.0. The van der Waals surface area contributed by atoms with Gasteiger partial charge in [0, 0.05) is 25.5 Å². The fraction of sp³-hybridized carbons (Fsp3) is 0.571. The Morgan fingerprint density at radius 1 is 1.32 bits per heavy atom. The maximum Gasteiger partial charge on any atom is 0.180 e. The number of anilines is 2. The Morgan fingerprint density at radius 2 is 2.16 bits per heavy atom. The van der Waals surface area contributed by atoms with Gasteiger partial charge in [-0.25, -0.2) is 9.97 Å². The van der Waals surface area contributed by atoms with Crippen molar-refractivity contribution in [2.75, 3.05) is 23.7 Å². The molecule has 2 heterocycles.